The number of ether oxygens (including phenoxy) is 1. The van der Waals surface area contributed by atoms with E-state index in [1.807, 2.05) is 60.9 Å². The highest BCUT2D eigenvalue weighted by Crippen LogP contribution is 2.24. The zero-order valence-corrected chi connectivity index (χ0v) is 19.2. The third kappa shape index (κ3) is 4.81. The van der Waals surface area contributed by atoms with Gasteiger partial charge in [0.1, 0.15) is 5.75 Å². The first kappa shape index (κ1) is 22.0. The quantitative estimate of drug-likeness (QED) is 0.312. The van der Waals surface area contributed by atoms with Crippen molar-refractivity contribution in [2.45, 2.75) is 10.1 Å². The number of carbonyl (C=O) groups excluding carboxylic acids is 1. The molecule has 0 aliphatic carbocycles. The molecule has 162 valence electrons. The Morgan fingerprint density at radius 1 is 1.06 bits per heavy atom. The molecule has 1 N–H and O–H groups in total. The molecule has 32 heavy (non-hydrogen) atoms. The topological polar surface area (TPSA) is 73.2 Å². The largest absolute Gasteiger partial charge is 0.497 e. The zero-order valence-electron chi connectivity index (χ0n) is 17.6. The number of fused-ring (bicyclic) bond motifs is 1. The number of anilines is 1. The first-order valence-corrected chi connectivity index (χ1v) is 12.0. The Balaban J connectivity index is 1.66. The minimum atomic E-state index is -0.195. The van der Waals surface area contributed by atoms with Crippen LogP contribution in [0.5, 0.6) is 5.75 Å². The number of thioether (sulfide) groups is 2. The lowest BCUT2D eigenvalue weighted by Crippen LogP contribution is -2.23. The highest BCUT2D eigenvalue weighted by Gasteiger charge is 2.15. The Kier molecular flexibility index (Phi) is 6.82. The summed E-state index contributed by atoms with van der Waals surface area (Å²) >= 11 is 2.83. The summed E-state index contributed by atoms with van der Waals surface area (Å²) in [6, 6.07) is 22.1. The minimum absolute atomic E-state index is 0.109. The van der Waals surface area contributed by atoms with Crippen LogP contribution >= 0.6 is 23.5 Å². The number of carbonyl (C=O) groups is 1. The van der Waals surface area contributed by atoms with Gasteiger partial charge in [0.25, 0.3) is 5.56 Å². The summed E-state index contributed by atoms with van der Waals surface area (Å²) in [5.41, 5.74) is 1.76. The average molecular weight is 464 g/mol. The van der Waals surface area contributed by atoms with Gasteiger partial charge in [-0.25, -0.2) is 4.98 Å². The van der Waals surface area contributed by atoms with Gasteiger partial charge in [-0.1, -0.05) is 36.0 Å². The summed E-state index contributed by atoms with van der Waals surface area (Å²) in [7, 11) is 1.58. The molecular formula is C24H21N3O3S2. The van der Waals surface area contributed by atoms with Crippen molar-refractivity contribution in [3.63, 3.8) is 0 Å². The predicted molar refractivity (Wildman–Crippen MR) is 131 cm³/mol. The van der Waals surface area contributed by atoms with Crippen LogP contribution in [0.15, 0.2) is 87.6 Å². The molecule has 0 saturated carbocycles. The van der Waals surface area contributed by atoms with Gasteiger partial charge in [-0.05, 0) is 48.7 Å². The molecule has 0 fully saturated rings. The number of rotatable bonds is 7. The van der Waals surface area contributed by atoms with Crippen molar-refractivity contribution in [2.75, 3.05) is 24.4 Å². The maximum Gasteiger partial charge on any atom is 0.266 e. The number of nitrogens with zero attached hydrogens (tertiary/aromatic N) is 2. The number of hydrogen-bond acceptors (Lipinski definition) is 6. The molecule has 1 aromatic heterocycles. The van der Waals surface area contributed by atoms with Gasteiger partial charge < -0.3 is 10.1 Å². The van der Waals surface area contributed by atoms with E-state index in [2.05, 4.69) is 10.3 Å². The van der Waals surface area contributed by atoms with Crippen molar-refractivity contribution >= 4 is 46.0 Å². The Morgan fingerprint density at radius 2 is 1.88 bits per heavy atom. The fraction of sp³-hybridized carbons (Fsp3) is 0.125. The molecule has 0 unspecified atom stereocenters. The van der Waals surface area contributed by atoms with E-state index in [4.69, 9.17) is 4.74 Å². The molecule has 3 aromatic carbocycles. The molecule has 0 atom stereocenters. The highest BCUT2D eigenvalue weighted by molar-refractivity contribution is 7.99. The molecule has 0 bridgehead atoms. The van der Waals surface area contributed by atoms with Crippen molar-refractivity contribution in [3.05, 3.63) is 83.2 Å². The number of methoxy groups -OCH3 is 1. The number of nitrogens with one attached hydrogen (secondary N) is 1. The summed E-state index contributed by atoms with van der Waals surface area (Å²) in [6.45, 7) is 0. The SMILES string of the molecule is COc1cccc(-n2c(SCC(=O)Nc3cccc(SC)c3)nc3ccccc3c2=O)c1. The molecule has 0 spiro atoms. The van der Waals surface area contributed by atoms with Crippen LogP contribution in [-0.2, 0) is 4.79 Å². The van der Waals surface area contributed by atoms with Gasteiger partial charge in [0, 0.05) is 16.6 Å². The molecule has 1 heterocycles. The molecule has 8 heteroatoms. The standard InChI is InChI=1S/C24H21N3O3S2/c1-30-18-9-6-8-17(14-18)27-23(29)20-11-3-4-12-21(20)26-24(27)32-15-22(28)25-16-7-5-10-19(13-16)31-2/h3-14H,15H2,1-2H3,(H,25,28). The molecule has 4 rings (SSSR count). The Hall–Kier alpha value is -3.23. The Bertz CT molecular complexity index is 1340. The second-order valence-electron chi connectivity index (χ2n) is 6.82. The molecule has 6 nitrogen and oxygen atoms in total. The van der Waals surface area contributed by atoms with Crippen LogP contribution in [0.25, 0.3) is 16.6 Å². The second-order valence-corrected chi connectivity index (χ2v) is 8.64. The maximum atomic E-state index is 13.3. The summed E-state index contributed by atoms with van der Waals surface area (Å²) in [5.74, 6) is 0.566. The number of benzene rings is 3. The summed E-state index contributed by atoms with van der Waals surface area (Å²) in [4.78, 5) is 31.7. The Morgan fingerprint density at radius 3 is 2.69 bits per heavy atom. The lowest BCUT2D eigenvalue weighted by molar-refractivity contribution is -0.113. The lowest BCUT2D eigenvalue weighted by atomic mass is 10.2. The van der Waals surface area contributed by atoms with Crippen molar-refractivity contribution in [1.82, 2.24) is 9.55 Å². The average Bonchev–Trinajstić information content (AvgIpc) is 2.83. The van der Waals surface area contributed by atoms with Crippen LogP contribution in [0.3, 0.4) is 0 Å². The van der Waals surface area contributed by atoms with Gasteiger partial charge in [0.05, 0.1) is 29.5 Å². The number of para-hydroxylation sites is 1. The lowest BCUT2D eigenvalue weighted by Gasteiger charge is -2.14. The van der Waals surface area contributed by atoms with Crippen LogP contribution < -0.4 is 15.6 Å². The van der Waals surface area contributed by atoms with Crippen LogP contribution in [0.2, 0.25) is 0 Å². The van der Waals surface area contributed by atoms with E-state index < -0.39 is 0 Å². The third-order valence-corrected chi connectivity index (χ3v) is 6.41. The predicted octanol–water partition coefficient (Wildman–Crippen LogP) is 4.85. The van der Waals surface area contributed by atoms with Gasteiger partial charge in [-0.3, -0.25) is 14.2 Å². The molecule has 0 radical (unpaired) electrons. The van der Waals surface area contributed by atoms with E-state index >= 15 is 0 Å². The summed E-state index contributed by atoms with van der Waals surface area (Å²) < 4.78 is 6.84. The second kappa shape index (κ2) is 9.93. The molecular weight excluding hydrogens is 442 g/mol. The van der Waals surface area contributed by atoms with Crippen LogP contribution in [0, 0.1) is 0 Å². The van der Waals surface area contributed by atoms with Crippen LogP contribution in [-0.4, -0.2) is 34.6 Å². The fourth-order valence-electron chi connectivity index (χ4n) is 3.21. The van der Waals surface area contributed by atoms with Crippen molar-refractivity contribution in [2.24, 2.45) is 0 Å². The van der Waals surface area contributed by atoms with E-state index in [0.29, 0.717) is 27.5 Å². The van der Waals surface area contributed by atoms with Gasteiger partial charge in [-0.15, -0.1) is 11.8 Å². The van der Waals surface area contributed by atoms with E-state index in [-0.39, 0.29) is 17.2 Å². The van der Waals surface area contributed by atoms with Crippen LogP contribution in [0.4, 0.5) is 5.69 Å². The summed E-state index contributed by atoms with van der Waals surface area (Å²) in [5, 5.41) is 3.86. The van der Waals surface area contributed by atoms with E-state index in [0.717, 1.165) is 10.6 Å². The fourth-order valence-corrected chi connectivity index (χ4v) is 4.49. The van der Waals surface area contributed by atoms with Crippen LogP contribution in [0.1, 0.15) is 0 Å². The van der Waals surface area contributed by atoms with Crippen molar-refractivity contribution < 1.29 is 9.53 Å². The molecule has 4 aromatic rings. The van der Waals surface area contributed by atoms with Crippen molar-refractivity contribution in [1.29, 1.82) is 0 Å². The van der Waals surface area contributed by atoms with Gasteiger partial charge in [0.2, 0.25) is 5.91 Å². The van der Waals surface area contributed by atoms with Gasteiger partial charge in [-0.2, -0.15) is 0 Å². The van der Waals surface area contributed by atoms with E-state index in [1.54, 1.807) is 37.1 Å². The first-order chi connectivity index (χ1) is 15.6. The van der Waals surface area contributed by atoms with Gasteiger partial charge in [0.15, 0.2) is 5.16 Å². The molecule has 0 aliphatic heterocycles. The van der Waals surface area contributed by atoms with Gasteiger partial charge >= 0.3 is 0 Å². The Labute approximate surface area is 194 Å². The molecule has 0 aliphatic rings. The molecule has 0 saturated heterocycles. The maximum absolute atomic E-state index is 13.3. The van der Waals surface area contributed by atoms with E-state index in [1.165, 1.54) is 16.3 Å². The number of hydrogen-bond donors (Lipinski definition) is 1. The molecule has 1 amide bonds. The monoisotopic (exact) mass is 463 g/mol. The normalized spacial score (nSPS) is 10.8. The minimum Gasteiger partial charge on any atom is -0.497 e. The highest BCUT2D eigenvalue weighted by atomic mass is 32.2. The van der Waals surface area contributed by atoms with E-state index in [9.17, 15) is 9.59 Å². The smallest absolute Gasteiger partial charge is 0.266 e. The number of amides is 1. The summed E-state index contributed by atoms with van der Waals surface area (Å²) in [6.07, 6.45) is 1.99. The first-order valence-electron chi connectivity index (χ1n) is 9.82. The number of aromatic nitrogens is 2. The third-order valence-electron chi connectivity index (χ3n) is 4.74. The zero-order chi connectivity index (χ0) is 22.5. The van der Waals surface area contributed by atoms with Crippen molar-refractivity contribution in [3.8, 4) is 11.4 Å².